The second-order valence-corrected chi connectivity index (χ2v) is 8.89. The maximum atomic E-state index is 13.2. The van der Waals surface area contributed by atoms with Crippen molar-refractivity contribution >= 4 is 11.8 Å². The molecule has 176 valence electrons. The van der Waals surface area contributed by atoms with E-state index in [2.05, 4.69) is 0 Å². The van der Waals surface area contributed by atoms with E-state index in [-0.39, 0.29) is 12.3 Å². The van der Waals surface area contributed by atoms with Crippen LogP contribution in [0, 0.1) is 0 Å². The Morgan fingerprint density at radius 2 is 1.35 bits per heavy atom. The van der Waals surface area contributed by atoms with Crippen molar-refractivity contribution in [2.24, 2.45) is 4.99 Å². The van der Waals surface area contributed by atoms with Crippen molar-refractivity contribution in [2.45, 2.75) is 43.9 Å². The van der Waals surface area contributed by atoms with Crippen LogP contribution in [0.15, 0.2) is 96.0 Å². The van der Waals surface area contributed by atoms with Gasteiger partial charge in [-0.3, -0.25) is 4.99 Å². The number of benzene rings is 3. The Bertz CT molecular complexity index is 1150. The van der Waals surface area contributed by atoms with Gasteiger partial charge in [0, 0.05) is 6.42 Å². The summed E-state index contributed by atoms with van der Waals surface area (Å²) >= 11 is 0. The highest BCUT2D eigenvalue weighted by atomic mass is 19.4. The normalized spacial score (nSPS) is 18.5. The second kappa shape index (κ2) is 9.33. The van der Waals surface area contributed by atoms with E-state index in [0.717, 1.165) is 16.2 Å². The number of rotatable bonds is 6. The molecule has 2 atom stereocenters. The summed E-state index contributed by atoms with van der Waals surface area (Å²) in [4.78, 5) is 21.8. The topological polar surface area (TPSA) is 41.9 Å². The first-order valence-electron chi connectivity index (χ1n) is 11.0. The summed E-state index contributed by atoms with van der Waals surface area (Å²) in [7, 11) is 0. The largest absolute Gasteiger partial charge is 0.493 e. The fourth-order valence-corrected chi connectivity index (χ4v) is 4.21. The third-order valence-electron chi connectivity index (χ3n) is 5.94. The van der Waals surface area contributed by atoms with E-state index in [4.69, 9.17) is 9.83 Å². The van der Waals surface area contributed by atoms with Crippen LogP contribution in [-0.4, -0.2) is 23.0 Å². The predicted molar refractivity (Wildman–Crippen MR) is 124 cm³/mol. The molecule has 0 saturated carbocycles. The van der Waals surface area contributed by atoms with Crippen LogP contribution >= 0.6 is 0 Å². The lowest BCUT2D eigenvalue weighted by Gasteiger charge is -2.32. The summed E-state index contributed by atoms with van der Waals surface area (Å²) in [6.45, 7) is 3.98. The van der Waals surface area contributed by atoms with Gasteiger partial charge in [-0.2, -0.15) is 18.2 Å². The zero-order valence-corrected chi connectivity index (χ0v) is 18.9. The molecule has 34 heavy (non-hydrogen) atoms. The number of hydroxylamine groups is 2. The van der Waals surface area contributed by atoms with Crippen LogP contribution in [0.3, 0.4) is 0 Å². The summed E-state index contributed by atoms with van der Waals surface area (Å²) in [5.41, 5.74) is 2.04. The zero-order valence-electron chi connectivity index (χ0n) is 18.9. The Labute approximate surface area is 196 Å². The first-order valence-corrected chi connectivity index (χ1v) is 11.0. The Morgan fingerprint density at radius 1 is 0.853 bits per heavy atom. The summed E-state index contributed by atoms with van der Waals surface area (Å²) in [5, 5.41) is 1.06. The molecule has 7 heteroatoms. The number of carbonyl (C=O) groups is 1. The Morgan fingerprint density at radius 3 is 1.88 bits per heavy atom. The third kappa shape index (κ3) is 4.98. The van der Waals surface area contributed by atoms with Crippen LogP contribution in [0.2, 0.25) is 0 Å². The molecule has 3 aromatic carbocycles. The maximum Gasteiger partial charge on any atom is 0.493 e. The number of aliphatic imine (C=N–C) groups is 1. The molecule has 1 aliphatic heterocycles. The average Bonchev–Trinajstić information content (AvgIpc) is 3.17. The highest BCUT2D eigenvalue weighted by Crippen LogP contribution is 2.45. The SMILES string of the molecule is CC(C)(CC1=NC(c2ccccc2)C(c2ccccc2)N1OC(=O)C(F)(F)F)c1ccccc1. The first-order chi connectivity index (χ1) is 16.2. The van der Waals surface area contributed by atoms with Gasteiger partial charge in [0.25, 0.3) is 0 Å². The van der Waals surface area contributed by atoms with E-state index < -0.39 is 29.6 Å². The minimum atomic E-state index is -5.13. The van der Waals surface area contributed by atoms with Crippen molar-refractivity contribution in [3.8, 4) is 0 Å². The van der Waals surface area contributed by atoms with Crippen LogP contribution in [0.5, 0.6) is 0 Å². The van der Waals surface area contributed by atoms with Gasteiger partial charge in [-0.05, 0) is 22.1 Å². The second-order valence-electron chi connectivity index (χ2n) is 8.89. The lowest BCUT2D eigenvalue weighted by Crippen LogP contribution is -2.40. The number of hydrogen-bond acceptors (Lipinski definition) is 4. The van der Waals surface area contributed by atoms with E-state index in [9.17, 15) is 18.0 Å². The maximum absolute atomic E-state index is 13.2. The van der Waals surface area contributed by atoms with E-state index in [1.165, 1.54) is 0 Å². The van der Waals surface area contributed by atoms with E-state index >= 15 is 0 Å². The average molecular weight is 467 g/mol. The minimum absolute atomic E-state index is 0.273. The smallest absolute Gasteiger partial charge is 0.330 e. The van der Waals surface area contributed by atoms with Crippen molar-refractivity contribution in [3.63, 3.8) is 0 Å². The predicted octanol–water partition coefficient (Wildman–Crippen LogP) is 6.57. The Balaban J connectivity index is 1.79. The third-order valence-corrected chi connectivity index (χ3v) is 5.94. The van der Waals surface area contributed by atoms with E-state index in [0.29, 0.717) is 5.56 Å². The molecule has 4 nitrogen and oxygen atoms in total. The summed E-state index contributed by atoms with van der Waals surface area (Å²) in [6, 6.07) is 26.7. The summed E-state index contributed by atoms with van der Waals surface area (Å²) in [5.74, 6) is -1.98. The number of hydrogen-bond donors (Lipinski definition) is 0. The summed E-state index contributed by atoms with van der Waals surface area (Å²) < 4.78 is 39.7. The molecule has 0 spiro atoms. The van der Waals surface area contributed by atoms with Crippen LogP contribution in [-0.2, 0) is 15.0 Å². The molecular weight excluding hydrogens is 441 g/mol. The fraction of sp³-hybridized carbons (Fsp3) is 0.259. The molecule has 1 aliphatic rings. The zero-order chi connectivity index (χ0) is 24.3. The van der Waals surface area contributed by atoms with Gasteiger partial charge >= 0.3 is 12.1 Å². The van der Waals surface area contributed by atoms with Gasteiger partial charge in [-0.25, -0.2) is 4.79 Å². The van der Waals surface area contributed by atoms with Crippen molar-refractivity contribution in [2.75, 3.05) is 0 Å². The van der Waals surface area contributed by atoms with Crippen LogP contribution in [0.25, 0.3) is 0 Å². The molecule has 0 bridgehead atoms. The molecule has 0 fully saturated rings. The molecule has 0 radical (unpaired) electrons. The van der Waals surface area contributed by atoms with Gasteiger partial charge in [-0.15, -0.1) is 0 Å². The standard InChI is InChI=1S/C27H25F3N2O2/c1-26(2,21-16-10-5-11-17-21)18-22-31-23(19-12-6-3-7-13-19)24(20-14-8-4-9-15-20)32(22)34-25(33)27(28,29)30/h3-17,23-24H,18H2,1-2H3. The molecule has 4 rings (SSSR count). The van der Waals surface area contributed by atoms with Gasteiger partial charge in [0.15, 0.2) is 0 Å². The minimum Gasteiger partial charge on any atom is -0.330 e. The molecule has 1 heterocycles. The van der Waals surface area contributed by atoms with Crippen LogP contribution in [0.1, 0.15) is 49.0 Å². The highest BCUT2D eigenvalue weighted by molar-refractivity contribution is 5.87. The van der Waals surface area contributed by atoms with Crippen molar-refractivity contribution in [1.82, 2.24) is 5.06 Å². The monoisotopic (exact) mass is 466 g/mol. The van der Waals surface area contributed by atoms with Crippen LogP contribution < -0.4 is 0 Å². The van der Waals surface area contributed by atoms with Crippen molar-refractivity contribution in [1.29, 1.82) is 0 Å². The first kappa shape index (κ1) is 23.5. The number of halogens is 3. The van der Waals surface area contributed by atoms with E-state index in [1.807, 2.05) is 80.6 Å². The number of alkyl halides is 3. The number of nitrogens with zero attached hydrogens (tertiary/aromatic N) is 2. The van der Waals surface area contributed by atoms with Gasteiger partial charge in [0.2, 0.25) is 0 Å². The molecule has 0 aliphatic carbocycles. The molecule has 0 amide bonds. The quantitative estimate of drug-likeness (QED) is 0.413. The molecular formula is C27H25F3N2O2. The molecule has 0 saturated heterocycles. The van der Waals surface area contributed by atoms with Gasteiger partial charge < -0.3 is 4.84 Å². The van der Waals surface area contributed by atoms with Crippen molar-refractivity contribution < 1.29 is 22.8 Å². The molecule has 0 N–H and O–H groups in total. The van der Waals surface area contributed by atoms with Crippen molar-refractivity contribution in [3.05, 3.63) is 108 Å². The highest BCUT2D eigenvalue weighted by Gasteiger charge is 2.48. The van der Waals surface area contributed by atoms with E-state index in [1.54, 1.807) is 24.3 Å². The van der Waals surface area contributed by atoms with Gasteiger partial charge in [0.1, 0.15) is 17.9 Å². The lowest BCUT2D eigenvalue weighted by atomic mass is 9.81. The Hall–Kier alpha value is -3.61. The fourth-order valence-electron chi connectivity index (χ4n) is 4.21. The van der Waals surface area contributed by atoms with Crippen LogP contribution in [0.4, 0.5) is 13.2 Å². The Kier molecular flexibility index (Phi) is 6.46. The molecule has 0 aromatic heterocycles. The number of carbonyl (C=O) groups excluding carboxylic acids is 1. The molecule has 2 unspecified atom stereocenters. The number of amidine groups is 1. The molecule has 3 aromatic rings. The van der Waals surface area contributed by atoms with Gasteiger partial charge in [-0.1, -0.05) is 105 Å². The van der Waals surface area contributed by atoms with Gasteiger partial charge in [0.05, 0.1) is 0 Å². The summed E-state index contributed by atoms with van der Waals surface area (Å²) in [6.07, 6.45) is -4.86. The lowest BCUT2D eigenvalue weighted by molar-refractivity contribution is -0.230.